The molecule has 6 nitrogen and oxygen atoms in total. The number of H-pyrrole nitrogens is 1. The van der Waals surface area contributed by atoms with E-state index in [9.17, 15) is 4.79 Å². The summed E-state index contributed by atoms with van der Waals surface area (Å²) in [7, 11) is 4.00. The van der Waals surface area contributed by atoms with Crippen molar-refractivity contribution in [2.45, 2.75) is 25.0 Å². The lowest BCUT2D eigenvalue weighted by Gasteiger charge is -2.20. The molecule has 0 fully saturated rings. The maximum absolute atomic E-state index is 13.1. The number of ketones is 1. The van der Waals surface area contributed by atoms with E-state index in [0.29, 0.717) is 10.2 Å². The van der Waals surface area contributed by atoms with Crippen molar-refractivity contribution in [1.29, 1.82) is 0 Å². The smallest absolute Gasteiger partial charge is 0.196 e. The van der Waals surface area contributed by atoms with E-state index in [0.717, 1.165) is 33.7 Å². The number of Topliss-reactive ketones (excluding diaryl/α,β-unsaturated/α-hetero) is 1. The van der Waals surface area contributed by atoms with Crippen molar-refractivity contribution in [3.63, 3.8) is 0 Å². The van der Waals surface area contributed by atoms with Gasteiger partial charge in [-0.15, -0.1) is 10.2 Å². The fourth-order valence-electron chi connectivity index (χ4n) is 3.55. The van der Waals surface area contributed by atoms with E-state index in [-0.39, 0.29) is 17.6 Å². The van der Waals surface area contributed by atoms with Crippen LogP contribution in [0.4, 0.5) is 0 Å². The molecule has 0 aliphatic heterocycles. The van der Waals surface area contributed by atoms with Crippen molar-refractivity contribution in [2.75, 3.05) is 19.8 Å². The molecule has 2 heterocycles. The SMILES string of the molecule is Cc1[nH]c2ccccc2c1C(=O)CSc1nnc(C(C)N(C)C)n1-c1ccc(Cl)cc1. The van der Waals surface area contributed by atoms with Crippen LogP contribution in [0.3, 0.4) is 0 Å². The number of fused-ring (bicyclic) bond motifs is 1. The Kier molecular flexibility index (Phi) is 6.18. The van der Waals surface area contributed by atoms with Gasteiger partial charge in [0.25, 0.3) is 0 Å². The minimum Gasteiger partial charge on any atom is -0.358 e. The zero-order valence-corrected chi connectivity index (χ0v) is 19.5. The Morgan fingerprint density at radius 3 is 2.58 bits per heavy atom. The second-order valence-corrected chi connectivity index (χ2v) is 9.05. The van der Waals surface area contributed by atoms with Gasteiger partial charge in [0.15, 0.2) is 16.8 Å². The predicted molar refractivity (Wildman–Crippen MR) is 127 cm³/mol. The Bertz CT molecular complexity index is 1230. The van der Waals surface area contributed by atoms with Crippen LogP contribution in [0.25, 0.3) is 16.6 Å². The lowest BCUT2D eigenvalue weighted by atomic mass is 10.1. The quantitative estimate of drug-likeness (QED) is 0.303. The molecule has 2 aromatic carbocycles. The number of para-hydroxylation sites is 1. The van der Waals surface area contributed by atoms with Gasteiger partial charge in [0.2, 0.25) is 0 Å². The Hall–Kier alpha value is -2.61. The number of nitrogens with zero attached hydrogens (tertiary/aromatic N) is 4. The van der Waals surface area contributed by atoms with E-state index >= 15 is 0 Å². The number of nitrogens with one attached hydrogen (secondary N) is 1. The number of carbonyl (C=O) groups excluding carboxylic acids is 1. The number of thioether (sulfide) groups is 1. The number of carbonyl (C=O) groups is 1. The summed E-state index contributed by atoms with van der Waals surface area (Å²) in [4.78, 5) is 18.5. The molecule has 0 spiro atoms. The van der Waals surface area contributed by atoms with Crippen molar-refractivity contribution < 1.29 is 4.79 Å². The van der Waals surface area contributed by atoms with Gasteiger partial charge in [0.1, 0.15) is 0 Å². The van der Waals surface area contributed by atoms with Gasteiger partial charge >= 0.3 is 0 Å². The van der Waals surface area contributed by atoms with Gasteiger partial charge in [0, 0.05) is 32.9 Å². The maximum Gasteiger partial charge on any atom is 0.196 e. The van der Waals surface area contributed by atoms with Crippen molar-refractivity contribution in [3.05, 3.63) is 70.6 Å². The Morgan fingerprint density at radius 1 is 1.16 bits per heavy atom. The third-order valence-corrected chi connectivity index (χ3v) is 6.58. The summed E-state index contributed by atoms with van der Waals surface area (Å²) in [6.07, 6.45) is 0. The number of halogens is 1. The van der Waals surface area contributed by atoms with Crippen LogP contribution in [0.1, 0.15) is 34.8 Å². The van der Waals surface area contributed by atoms with Gasteiger partial charge in [-0.1, -0.05) is 41.6 Å². The number of aryl methyl sites for hydroxylation is 1. The van der Waals surface area contributed by atoms with Crippen molar-refractivity contribution in [3.8, 4) is 5.69 Å². The van der Waals surface area contributed by atoms with E-state index < -0.39 is 0 Å². The minimum atomic E-state index is 0.0455. The first-order chi connectivity index (χ1) is 14.9. The van der Waals surface area contributed by atoms with Gasteiger partial charge in [-0.2, -0.15) is 0 Å². The number of aromatic amines is 1. The second kappa shape index (κ2) is 8.86. The average Bonchev–Trinajstić information content (AvgIpc) is 3.32. The van der Waals surface area contributed by atoms with Crippen LogP contribution in [0.5, 0.6) is 0 Å². The van der Waals surface area contributed by atoms with E-state index in [1.54, 1.807) is 0 Å². The highest BCUT2D eigenvalue weighted by Gasteiger charge is 2.23. The zero-order valence-electron chi connectivity index (χ0n) is 17.9. The Labute approximate surface area is 190 Å². The molecule has 0 saturated carbocycles. The van der Waals surface area contributed by atoms with Crippen molar-refractivity contribution in [1.82, 2.24) is 24.6 Å². The van der Waals surface area contributed by atoms with E-state index in [4.69, 9.17) is 11.6 Å². The van der Waals surface area contributed by atoms with Crippen LogP contribution in [0, 0.1) is 6.92 Å². The first-order valence-electron chi connectivity index (χ1n) is 9.97. The predicted octanol–water partition coefficient (Wildman–Crippen LogP) is 5.31. The van der Waals surface area contributed by atoms with Crippen LogP contribution < -0.4 is 0 Å². The summed E-state index contributed by atoms with van der Waals surface area (Å²) in [5.74, 6) is 1.14. The lowest BCUT2D eigenvalue weighted by molar-refractivity contribution is 0.102. The highest BCUT2D eigenvalue weighted by molar-refractivity contribution is 7.99. The molecule has 4 aromatic rings. The molecule has 0 bridgehead atoms. The monoisotopic (exact) mass is 453 g/mol. The molecule has 4 rings (SSSR count). The summed E-state index contributed by atoms with van der Waals surface area (Å²) in [6.45, 7) is 4.01. The molecule has 8 heteroatoms. The molecule has 0 amide bonds. The molecule has 2 aromatic heterocycles. The van der Waals surface area contributed by atoms with E-state index in [1.165, 1.54) is 11.8 Å². The first-order valence-corrected chi connectivity index (χ1v) is 11.3. The molecule has 31 heavy (non-hydrogen) atoms. The van der Waals surface area contributed by atoms with Crippen LogP contribution in [-0.4, -0.2) is 50.3 Å². The van der Waals surface area contributed by atoms with Gasteiger partial charge in [0.05, 0.1) is 11.8 Å². The summed E-state index contributed by atoms with van der Waals surface area (Å²) in [6, 6.07) is 15.5. The first kappa shape index (κ1) is 21.6. The van der Waals surface area contributed by atoms with Crippen molar-refractivity contribution in [2.24, 2.45) is 0 Å². The third-order valence-electron chi connectivity index (χ3n) is 5.40. The van der Waals surface area contributed by atoms with Gasteiger partial charge < -0.3 is 4.98 Å². The zero-order chi connectivity index (χ0) is 22.1. The van der Waals surface area contributed by atoms with Gasteiger partial charge in [-0.05, 0) is 58.3 Å². The van der Waals surface area contributed by atoms with Crippen molar-refractivity contribution >= 4 is 40.0 Å². The Morgan fingerprint density at radius 2 is 1.87 bits per heavy atom. The maximum atomic E-state index is 13.1. The lowest BCUT2D eigenvalue weighted by Crippen LogP contribution is -2.20. The number of hydrogen-bond acceptors (Lipinski definition) is 5. The molecule has 1 N–H and O–H groups in total. The molecule has 0 saturated heterocycles. The molecular formula is C23H24ClN5OS. The molecular weight excluding hydrogens is 430 g/mol. The van der Waals surface area contributed by atoms with Crippen LogP contribution >= 0.6 is 23.4 Å². The topological polar surface area (TPSA) is 66.8 Å². The minimum absolute atomic E-state index is 0.0455. The number of aromatic nitrogens is 4. The van der Waals surface area contributed by atoms with E-state index in [2.05, 4.69) is 27.0 Å². The molecule has 0 aliphatic carbocycles. The summed E-state index contributed by atoms with van der Waals surface area (Å²) in [5, 5.41) is 11.2. The average molecular weight is 454 g/mol. The standard InChI is InChI=1S/C23H24ClN5OS/c1-14-21(18-7-5-6-8-19(18)25-14)20(30)13-31-23-27-26-22(15(2)28(3)4)29(23)17-11-9-16(24)10-12-17/h5-12,15,25H,13H2,1-4H3. The largest absolute Gasteiger partial charge is 0.358 e. The molecule has 1 unspecified atom stereocenters. The number of benzene rings is 2. The number of rotatable bonds is 7. The van der Waals surface area contributed by atoms with Crippen LogP contribution in [0.15, 0.2) is 53.7 Å². The van der Waals surface area contributed by atoms with Crippen LogP contribution in [-0.2, 0) is 0 Å². The van der Waals surface area contributed by atoms with E-state index in [1.807, 2.05) is 74.1 Å². The highest BCUT2D eigenvalue weighted by atomic mass is 35.5. The van der Waals surface area contributed by atoms with Gasteiger partial charge in [-0.3, -0.25) is 14.3 Å². The molecule has 0 aliphatic rings. The highest BCUT2D eigenvalue weighted by Crippen LogP contribution is 2.29. The fraction of sp³-hybridized carbons (Fsp3) is 0.261. The molecule has 0 radical (unpaired) electrons. The normalized spacial score (nSPS) is 12.6. The Balaban J connectivity index is 1.66. The summed E-state index contributed by atoms with van der Waals surface area (Å²) in [5.41, 5.74) is 3.51. The third kappa shape index (κ3) is 4.26. The van der Waals surface area contributed by atoms with Gasteiger partial charge in [-0.25, -0.2) is 0 Å². The summed E-state index contributed by atoms with van der Waals surface area (Å²) < 4.78 is 2.00. The van der Waals surface area contributed by atoms with Crippen LogP contribution in [0.2, 0.25) is 5.02 Å². The molecule has 160 valence electrons. The second-order valence-electron chi connectivity index (χ2n) is 7.67. The summed E-state index contributed by atoms with van der Waals surface area (Å²) >= 11 is 7.48. The number of hydrogen-bond donors (Lipinski definition) is 1. The molecule has 1 atom stereocenters. The fourth-order valence-corrected chi connectivity index (χ4v) is 4.50.